The maximum Gasteiger partial charge on any atom is 0.184 e. The molecule has 1 heterocycles. The number of nitrogen functional groups attached to an aromatic ring is 1. The highest BCUT2D eigenvalue weighted by Gasteiger charge is 2.17. The molecular formula is C12H17N5. The van der Waals surface area contributed by atoms with Gasteiger partial charge in [0, 0.05) is 17.8 Å². The zero-order valence-electron chi connectivity index (χ0n) is 10.4. The molecule has 0 aliphatic heterocycles. The molecule has 0 bridgehead atoms. The van der Waals surface area contributed by atoms with Gasteiger partial charge in [0.05, 0.1) is 0 Å². The minimum atomic E-state index is 0.119. The number of nitrogens with two attached hydrogens (primary N) is 1. The van der Waals surface area contributed by atoms with Crippen molar-refractivity contribution in [3.8, 4) is 11.4 Å². The van der Waals surface area contributed by atoms with Crippen LogP contribution in [0.2, 0.25) is 0 Å². The number of anilines is 1. The van der Waals surface area contributed by atoms with E-state index in [1.165, 1.54) is 0 Å². The first-order chi connectivity index (χ1) is 7.97. The second-order valence-electron chi connectivity index (χ2n) is 5.31. The van der Waals surface area contributed by atoms with Gasteiger partial charge in [0.15, 0.2) is 5.82 Å². The first kappa shape index (κ1) is 11.6. The molecule has 0 saturated heterocycles. The molecule has 5 heteroatoms. The summed E-state index contributed by atoms with van der Waals surface area (Å²) in [5.74, 6) is 0.720. The molecule has 0 spiro atoms. The first-order valence-electron chi connectivity index (χ1n) is 5.58. The van der Waals surface area contributed by atoms with Crippen molar-refractivity contribution in [2.75, 3.05) is 5.73 Å². The highest BCUT2D eigenvalue weighted by atomic mass is 15.5. The van der Waals surface area contributed by atoms with E-state index in [4.69, 9.17) is 5.73 Å². The predicted octanol–water partition coefficient (Wildman–Crippen LogP) is 1.97. The van der Waals surface area contributed by atoms with Crippen molar-refractivity contribution in [2.24, 2.45) is 5.41 Å². The first-order valence-corrected chi connectivity index (χ1v) is 5.58. The Morgan fingerprint density at radius 2 is 1.94 bits per heavy atom. The molecule has 2 rings (SSSR count). The van der Waals surface area contributed by atoms with Crippen LogP contribution in [-0.4, -0.2) is 20.2 Å². The van der Waals surface area contributed by atoms with E-state index < -0.39 is 0 Å². The van der Waals surface area contributed by atoms with Crippen molar-refractivity contribution in [2.45, 2.75) is 27.3 Å². The average Bonchev–Trinajstić information content (AvgIpc) is 2.64. The van der Waals surface area contributed by atoms with Gasteiger partial charge in [0.1, 0.15) is 0 Å². The van der Waals surface area contributed by atoms with Gasteiger partial charge in [-0.05, 0) is 28.0 Å². The maximum absolute atomic E-state index is 5.94. The lowest BCUT2D eigenvalue weighted by Gasteiger charge is -2.18. The SMILES string of the molecule is CC(C)(C)Cn1nnnc1-c1ccccc1N. The van der Waals surface area contributed by atoms with Gasteiger partial charge < -0.3 is 5.73 Å². The lowest BCUT2D eigenvalue weighted by Crippen LogP contribution is -2.17. The van der Waals surface area contributed by atoms with Gasteiger partial charge >= 0.3 is 0 Å². The van der Waals surface area contributed by atoms with Crippen LogP contribution in [0, 0.1) is 5.41 Å². The fourth-order valence-electron chi connectivity index (χ4n) is 1.65. The number of hydrogen-bond donors (Lipinski definition) is 1. The van der Waals surface area contributed by atoms with Gasteiger partial charge in [0.2, 0.25) is 0 Å². The number of para-hydroxylation sites is 1. The molecule has 0 fully saturated rings. The third-order valence-corrected chi connectivity index (χ3v) is 2.36. The van der Waals surface area contributed by atoms with Crippen LogP contribution in [0.5, 0.6) is 0 Å². The summed E-state index contributed by atoms with van der Waals surface area (Å²) in [5, 5.41) is 11.8. The Morgan fingerprint density at radius 3 is 2.59 bits per heavy atom. The van der Waals surface area contributed by atoms with Crippen LogP contribution in [-0.2, 0) is 6.54 Å². The standard InChI is InChI=1S/C12H17N5/c1-12(2,3)8-17-11(14-15-16-17)9-6-4-5-7-10(9)13/h4-7H,8,13H2,1-3H3. The minimum Gasteiger partial charge on any atom is -0.398 e. The largest absolute Gasteiger partial charge is 0.398 e. The molecule has 1 aromatic heterocycles. The van der Waals surface area contributed by atoms with Gasteiger partial charge in [-0.15, -0.1) is 5.10 Å². The minimum absolute atomic E-state index is 0.119. The van der Waals surface area contributed by atoms with E-state index in [1.807, 2.05) is 24.3 Å². The summed E-state index contributed by atoms with van der Waals surface area (Å²) in [7, 11) is 0. The van der Waals surface area contributed by atoms with E-state index >= 15 is 0 Å². The summed E-state index contributed by atoms with van der Waals surface area (Å²) in [5.41, 5.74) is 7.62. The summed E-state index contributed by atoms with van der Waals surface area (Å²) in [6.07, 6.45) is 0. The summed E-state index contributed by atoms with van der Waals surface area (Å²) in [4.78, 5) is 0. The van der Waals surface area contributed by atoms with Crippen LogP contribution in [0.15, 0.2) is 24.3 Å². The van der Waals surface area contributed by atoms with E-state index in [9.17, 15) is 0 Å². The molecule has 17 heavy (non-hydrogen) atoms. The highest BCUT2D eigenvalue weighted by Crippen LogP contribution is 2.25. The Bertz CT molecular complexity index is 510. The van der Waals surface area contributed by atoms with E-state index in [1.54, 1.807) is 4.68 Å². The molecule has 0 unspecified atom stereocenters. The maximum atomic E-state index is 5.94. The van der Waals surface area contributed by atoms with E-state index in [-0.39, 0.29) is 5.41 Å². The number of rotatable bonds is 2. The number of aromatic nitrogens is 4. The van der Waals surface area contributed by atoms with Gasteiger partial charge in [-0.1, -0.05) is 32.9 Å². The molecule has 2 aromatic rings. The summed E-state index contributed by atoms with van der Waals surface area (Å²) in [6.45, 7) is 7.19. The molecule has 0 saturated carbocycles. The molecule has 0 atom stereocenters. The molecule has 2 N–H and O–H groups in total. The Balaban J connectivity index is 2.41. The van der Waals surface area contributed by atoms with Gasteiger partial charge in [-0.25, -0.2) is 4.68 Å². The average molecular weight is 231 g/mol. The number of hydrogen-bond acceptors (Lipinski definition) is 4. The molecule has 0 aliphatic carbocycles. The zero-order valence-corrected chi connectivity index (χ0v) is 10.4. The Labute approximate surface area is 101 Å². The van der Waals surface area contributed by atoms with E-state index in [0.717, 1.165) is 17.9 Å². The van der Waals surface area contributed by atoms with Crippen molar-refractivity contribution in [3.05, 3.63) is 24.3 Å². The second kappa shape index (κ2) is 4.16. The lowest BCUT2D eigenvalue weighted by molar-refractivity contribution is 0.323. The molecule has 90 valence electrons. The van der Waals surface area contributed by atoms with Crippen LogP contribution in [0.25, 0.3) is 11.4 Å². The predicted molar refractivity (Wildman–Crippen MR) is 67.1 cm³/mol. The van der Waals surface area contributed by atoms with Crippen molar-refractivity contribution in [1.29, 1.82) is 0 Å². The normalized spacial score (nSPS) is 11.7. The monoisotopic (exact) mass is 231 g/mol. The number of benzene rings is 1. The fourth-order valence-corrected chi connectivity index (χ4v) is 1.65. The topological polar surface area (TPSA) is 69.6 Å². The van der Waals surface area contributed by atoms with Crippen LogP contribution in [0.4, 0.5) is 5.69 Å². The molecule has 5 nitrogen and oxygen atoms in total. The summed E-state index contributed by atoms with van der Waals surface area (Å²) in [6, 6.07) is 7.62. The van der Waals surface area contributed by atoms with Crippen molar-refractivity contribution < 1.29 is 0 Å². The molecule has 0 radical (unpaired) electrons. The third-order valence-electron chi connectivity index (χ3n) is 2.36. The Kier molecular flexibility index (Phi) is 2.83. The second-order valence-corrected chi connectivity index (χ2v) is 5.31. The fraction of sp³-hybridized carbons (Fsp3) is 0.417. The van der Waals surface area contributed by atoms with Crippen molar-refractivity contribution >= 4 is 5.69 Å². The number of nitrogens with zero attached hydrogens (tertiary/aromatic N) is 4. The highest BCUT2D eigenvalue weighted by molar-refractivity contribution is 5.70. The molecule has 1 aromatic carbocycles. The number of tetrazole rings is 1. The van der Waals surface area contributed by atoms with Crippen LogP contribution in [0.1, 0.15) is 20.8 Å². The Morgan fingerprint density at radius 1 is 1.24 bits per heavy atom. The lowest BCUT2D eigenvalue weighted by atomic mass is 9.97. The Hall–Kier alpha value is -1.91. The van der Waals surface area contributed by atoms with Crippen LogP contribution in [0.3, 0.4) is 0 Å². The van der Waals surface area contributed by atoms with Crippen LogP contribution < -0.4 is 5.73 Å². The molecule has 0 amide bonds. The van der Waals surface area contributed by atoms with E-state index in [0.29, 0.717) is 5.69 Å². The van der Waals surface area contributed by atoms with Crippen molar-refractivity contribution in [1.82, 2.24) is 20.2 Å². The van der Waals surface area contributed by atoms with Gasteiger partial charge in [-0.3, -0.25) is 0 Å². The van der Waals surface area contributed by atoms with E-state index in [2.05, 4.69) is 36.3 Å². The smallest absolute Gasteiger partial charge is 0.184 e. The molecular weight excluding hydrogens is 214 g/mol. The summed E-state index contributed by atoms with van der Waals surface area (Å²) < 4.78 is 1.80. The summed E-state index contributed by atoms with van der Waals surface area (Å²) >= 11 is 0. The third kappa shape index (κ3) is 2.61. The van der Waals surface area contributed by atoms with Crippen LogP contribution >= 0.6 is 0 Å². The van der Waals surface area contributed by atoms with Crippen molar-refractivity contribution in [3.63, 3.8) is 0 Å². The quantitative estimate of drug-likeness (QED) is 0.802. The zero-order chi connectivity index (χ0) is 12.5. The van der Waals surface area contributed by atoms with Gasteiger partial charge in [0.25, 0.3) is 0 Å². The van der Waals surface area contributed by atoms with Gasteiger partial charge in [-0.2, -0.15) is 0 Å². The molecule has 0 aliphatic rings.